The van der Waals surface area contributed by atoms with Gasteiger partial charge in [0.1, 0.15) is 0 Å². The summed E-state index contributed by atoms with van der Waals surface area (Å²) in [5.74, 6) is -3.92. The Kier molecular flexibility index (Phi) is 8.97. The van der Waals surface area contributed by atoms with Crippen LogP contribution in [0.5, 0.6) is 0 Å². The molecule has 2 saturated heterocycles. The first kappa shape index (κ1) is 29.0. The maximum absolute atomic E-state index is 14.9. The van der Waals surface area contributed by atoms with E-state index in [0.717, 1.165) is 6.07 Å². The van der Waals surface area contributed by atoms with Gasteiger partial charge in [-0.3, -0.25) is 14.5 Å². The number of hydrogen-bond acceptors (Lipinski definition) is 5. The molecule has 2 aliphatic rings. The van der Waals surface area contributed by atoms with Crippen molar-refractivity contribution in [1.29, 1.82) is 0 Å². The fraction of sp³-hybridized carbons (Fsp3) is 0.462. The van der Waals surface area contributed by atoms with E-state index in [4.69, 9.17) is 11.6 Å². The Hall–Kier alpha value is -2.96. The Bertz CT molecular complexity index is 1220. The molecular weight excluding hydrogens is 545 g/mol. The summed E-state index contributed by atoms with van der Waals surface area (Å²) in [6.07, 6.45) is -5.14. The van der Waals surface area contributed by atoms with Gasteiger partial charge in [0.15, 0.2) is 11.6 Å². The SMILES string of the molecule is C[C@H]1CN(c2cc(Cl)ccc2NC(=O)c2ccc(CNC(=O)C3CNC3)c(F)c2F)CCN1CCC(F)(F)F. The number of piperazine rings is 1. The van der Waals surface area contributed by atoms with Crippen molar-refractivity contribution in [2.24, 2.45) is 5.92 Å². The molecule has 0 spiro atoms. The third-order valence-corrected chi connectivity index (χ3v) is 7.24. The number of carbonyl (C=O) groups excluding carboxylic acids is 2. The average molecular weight is 574 g/mol. The van der Waals surface area contributed by atoms with E-state index in [9.17, 15) is 31.5 Å². The Morgan fingerprint density at radius 3 is 2.49 bits per heavy atom. The van der Waals surface area contributed by atoms with E-state index in [-0.39, 0.29) is 36.5 Å². The lowest BCUT2D eigenvalue weighted by Crippen LogP contribution is -2.52. The van der Waals surface area contributed by atoms with E-state index in [1.807, 2.05) is 11.8 Å². The third kappa shape index (κ3) is 7.17. The summed E-state index contributed by atoms with van der Waals surface area (Å²) in [6.45, 7) is 3.67. The number of alkyl halides is 3. The minimum Gasteiger partial charge on any atom is -0.367 e. The number of hydrogen-bond donors (Lipinski definition) is 3. The van der Waals surface area contributed by atoms with Crippen molar-refractivity contribution in [1.82, 2.24) is 15.5 Å². The first-order chi connectivity index (χ1) is 18.4. The highest BCUT2D eigenvalue weighted by molar-refractivity contribution is 6.31. The van der Waals surface area contributed by atoms with Crippen LogP contribution in [0.2, 0.25) is 5.02 Å². The first-order valence-corrected chi connectivity index (χ1v) is 12.9. The summed E-state index contributed by atoms with van der Waals surface area (Å²) < 4.78 is 67.6. The zero-order valence-electron chi connectivity index (χ0n) is 21.2. The Morgan fingerprint density at radius 1 is 1.10 bits per heavy atom. The quantitative estimate of drug-likeness (QED) is 0.414. The minimum atomic E-state index is -4.24. The lowest BCUT2D eigenvalue weighted by Gasteiger charge is -2.41. The highest BCUT2D eigenvalue weighted by Crippen LogP contribution is 2.32. The predicted octanol–water partition coefficient (Wildman–Crippen LogP) is 4.17. The zero-order chi connectivity index (χ0) is 28.3. The van der Waals surface area contributed by atoms with Crippen LogP contribution >= 0.6 is 11.6 Å². The lowest BCUT2D eigenvalue weighted by molar-refractivity contribution is -0.139. The molecule has 0 radical (unpaired) electrons. The maximum Gasteiger partial charge on any atom is 0.390 e. The fourth-order valence-corrected chi connectivity index (χ4v) is 4.75. The van der Waals surface area contributed by atoms with Crippen LogP contribution in [0.4, 0.5) is 33.3 Å². The van der Waals surface area contributed by atoms with Gasteiger partial charge in [-0.15, -0.1) is 0 Å². The molecule has 0 aliphatic carbocycles. The van der Waals surface area contributed by atoms with Crippen LogP contribution in [0.1, 0.15) is 29.3 Å². The smallest absolute Gasteiger partial charge is 0.367 e. The standard InChI is InChI=1S/C26H29ClF5N5O2/c1-15-14-37(9-8-36(15)7-6-26(30,31)32)21-10-18(27)3-5-20(21)35-25(39)19-4-2-16(22(28)23(19)29)13-34-24(38)17-11-33-12-17/h2-5,10,15,17,33H,6-9,11-14H2,1H3,(H,34,38)(H,35,39)/t15-/m0/s1. The van der Waals surface area contributed by atoms with Crippen LogP contribution in [0.25, 0.3) is 0 Å². The topological polar surface area (TPSA) is 76.7 Å². The van der Waals surface area contributed by atoms with E-state index < -0.39 is 35.7 Å². The molecule has 2 heterocycles. The van der Waals surface area contributed by atoms with Gasteiger partial charge in [0.25, 0.3) is 5.91 Å². The lowest BCUT2D eigenvalue weighted by atomic mass is 10.0. The second-order valence-electron chi connectivity index (χ2n) is 9.78. The molecule has 2 amide bonds. The van der Waals surface area contributed by atoms with Gasteiger partial charge in [0.2, 0.25) is 5.91 Å². The molecule has 2 aromatic rings. The van der Waals surface area contributed by atoms with Crippen LogP contribution in [0.3, 0.4) is 0 Å². The Balaban J connectivity index is 1.44. The maximum atomic E-state index is 14.9. The van der Waals surface area contributed by atoms with Crippen molar-refractivity contribution in [3.8, 4) is 0 Å². The number of halogens is 6. The predicted molar refractivity (Wildman–Crippen MR) is 138 cm³/mol. The van der Waals surface area contributed by atoms with Crippen molar-refractivity contribution in [2.45, 2.75) is 32.1 Å². The molecule has 0 saturated carbocycles. The molecule has 39 heavy (non-hydrogen) atoms. The summed E-state index contributed by atoms with van der Waals surface area (Å²) in [7, 11) is 0. The van der Waals surface area contributed by atoms with Gasteiger partial charge in [0.05, 0.1) is 29.3 Å². The van der Waals surface area contributed by atoms with E-state index in [1.54, 1.807) is 11.0 Å². The molecule has 4 rings (SSSR count). The fourth-order valence-electron chi connectivity index (χ4n) is 4.58. The summed E-state index contributed by atoms with van der Waals surface area (Å²) in [5, 5.41) is 8.50. The number of rotatable bonds is 8. The molecule has 2 aromatic carbocycles. The van der Waals surface area contributed by atoms with Gasteiger partial charge >= 0.3 is 6.18 Å². The van der Waals surface area contributed by atoms with Crippen LogP contribution in [0, 0.1) is 17.6 Å². The number of nitrogens with zero attached hydrogens (tertiary/aromatic N) is 2. The Labute approximate surface area is 227 Å². The van der Waals surface area contributed by atoms with Crippen molar-refractivity contribution < 1.29 is 31.5 Å². The van der Waals surface area contributed by atoms with Gasteiger partial charge < -0.3 is 20.9 Å². The first-order valence-electron chi connectivity index (χ1n) is 12.5. The van der Waals surface area contributed by atoms with Gasteiger partial charge in [-0.1, -0.05) is 17.7 Å². The second-order valence-corrected chi connectivity index (χ2v) is 10.2. The highest BCUT2D eigenvalue weighted by atomic mass is 35.5. The third-order valence-electron chi connectivity index (χ3n) is 7.01. The molecule has 7 nitrogen and oxygen atoms in total. The second kappa shape index (κ2) is 12.1. The summed E-state index contributed by atoms with van der Waals surface area (Å²) in [6, 6.07) is 6.86. The highest BCUT2D eigenvalue weighted by Gasteiger charge is 2.32. The number of anilines is 2. The minimum absolute atomic E-state index is 0.0887. The van der Waals surface area contributed by atoms with Crippen molar-refractivity contribution in [2.75, 3.05) is 49.5 Å². The van der Waals surface area contributed by atoms with Crippen LogP contribution in [-0.4, -0.2) is 68.2 Å². The number of amides is 2. The van der Waals surface area contributed by atoms with Crippen LogP contribution in [0.15, 0.2) is 30.3 Å². The molecule has 212 valence electrons. The number of nitrogens with one attached hydrogen (secondary N) is 3. The van der Waals surface area contributed by atoms with Gasteiger partial charge in [-0.05, 0) is 31.2 Å². The summed E-state index contributed by atoms with van der Waals surface area (Å²) in [4.78, 5) is 28.6. The normalized spacial score (nSPS) is 18.5. The molecule has 2 aliphatic heterocycles. The molecule has 0 unspecified atom stereocenters. The van der Waals surface area contributed by atoms with E-state index >= 15 is 0 Å². The monoisotopic (exact) mass is 573 g/mol. The molecule has 0 bridgehead atoms. The molecular formula is C26H29ClF5N5O2. The zero-order valence-corrected chi connectivity index (χ0v) is 21.9. The van der Waals surface area contributed by atoms with Crippen molar-refractivity contribution >= 4 is 34.8 Å². The van der Waals surface area contributed by atoms with E-state index in [1.165, 1.54) is 18.2 Å². The molecule has 3 N–H and O–H groups in total. The largest absolute Gasteiger partial charge is 0.390 e. The Morgan fingerprint density at radius 2 is 1.85 bits per heavy atom. The van der Waals surface area contributed by atoms with Crippen molar-refractivity contribution in [3.63, 3.8) is 0 Å². The molecule has 13 heteroatoms. The summed E-state index contributed by atoms with van der Waals surface area (Å²) in [5.41, 5.74) is 0.209. The molecule has 0 aromatic heterocycles. The van der Waals surface area contributed by atoms with Gasteiger partial charge in [-0.25, -0.2) is 8.78 Å². The van der Waals surface area contributed by atoms with E-state index in [0.29, 0.717) is 49.1 Å². The van der Waals surface area contributed by atoms with Gasteiger partial charge in [0, 0.05) is 62.4 Å². The average Bonchev–Trinajstić information content (AvgIpc) is 2.83. The number of benzene rings is 2. The molecule has 2 fully saturated rings. The van der Waals surface area contributed by atoms with Crippen molar-refractivity contribution in [3.05, 3.63) is 58.1 Å². The number of carbonyl (C=O) groups is 2. The van der Waals surface area contributed by atoms with Gasteiger partial charge in [-0.2, -0.15) is 13.2 Å². The van der Waals surface area contributed by atoms with E-state index in [2.05, 4.69) is 16.0 Å². The van der Waals surface area contributed by atoms with Crippen LogP contribution < -0.4 is 20.9 Å². The summed E-state index contributed by atoms with van der Waals surface area (Å²) >= 11 is 6.18. The van der Waals surface area contributed by atoms with Crippen LogP contribution in [-0.2, 0) is 11.3 Å². The molecule has 1 atom stereocenters.